The molecule has 3 fully saturated rings. The summed E-state index contributed by atoms with van der Waals surface area (Å²) in [6.45, 7) is 4.86. The average molecular weight is 250 g/mol. The van der Waals surface area contributed by atoms with E-state index in [1.807, 2.05) is 0 Å². The molecule has 3 aliphatic rings. The van der Waals surface area contributed by atoms with Crippen LogP contribution in [0.3, 0.4) is 0 Å². The van der Waals surface area contributed by atoms with Gasteiger partial charge in [0.2, 0.25) is 0 Å². The fourth-order valence-corrected chi connectivity index (χ4v) is 5.65. The van der Waals surface area contributed by atoms with Gasteiger partial charge in [-0.2, -0.15) is 0 Å². The van der Waals surface area contributed by atoms with Gasteiger partial charge < -0.3 is 0 Å². The molecule has 0 heterocycles. The highest BCUT2D eigenvalue weighted by atomic mass is 15.2. The number of hydrazine groups is 1. The second-order valence-corrected chi connectivity index (χ2v) is 7.71. The van der Waals surface area contributed by atoms with Crippen molar-refractivity contribution in [3.05, 3.63) is 0 Å². The lowest BCUT2D eigenvalue weighted by Gasteiger charge is -2.41. The molecule has 6 unspecified atom stereocenters. The van der Waals surface area contributed by atoms with Gasteiger partial charge in [-0.15, -0.1) is 0 Å². The van der Waals surface area contributed by atoms with Crippen molar-refractivity contribution >= 4 is 0 Å². The van der Waals surface area contributed by atoms with E-state index in [0.29, 0.717) is 6.04 Å². The molecule has 2 nitrogen and oxygen atoms in total. The molecule has 6 atom stereocenters. The van der Waals surface area contributed by atoms with Gasteiger partial charge in [-0.3, -0.25) is 11.3 Å². The van der Waals surface area contributed by atoms with E-state index in [4.69, 9.17) is 5.84 Å². The van der Waals surface area contributed by atoms with Crippen molar-refractivity contribution < 1.29 is 0 Å². The summed E-state index contributed by atoms with van der Waals surface area (Å²) in [4.78, 5) is 0. The van der Waals surface area contributed by atoms with Gasteiger partial charge in [0.05, 0.1) is 0 Å². The average Bonchev–Trinajstić information content (AvgIpc) is 2.90. The summed E-state index contributed by atoms with van der Waals surface area (Å²) in [7, 11) is 0. The maximum Gasteiger partial charge on any atom is 0.0269 e. The van der Waals surface area contributed by atoms with Gasteiger partial charge >= 0.3 is 0 Å². The van der Waals surface area contributed by atoms with Crippen LogP contribution >= 0.6 is 0 Å². The molecule has 0 amide bonds. The Labute approximate surface area is 112 Å². The van der Waals surface area contributed by atoms with Gasteiger partial charge in [-0.05, 0) is 74.0 Å². The van der Waals surface area contributed by atoms with Crippen molar-refractivity contribution in [1.29, 1.82) is 0 Å². The summed E-state index contributed by atoms with van der Waals surface area (Å²) in [5.74, 6) is 11.5. The van der Waals surface area contributed by atoms with Crippen molar-refractivity contribution in [2.45, 2.75) is 64.8 Å². The monoisotopic (exact) mass is 250 g/mol. The molecule has 0 saturated heterocycles. The third-order valence-corrected chi connectivity index (χ3v) is 6.17. The molecule has 0 aromatic rings. The molecule has 2 heteroatoms. The Bertz CT molecular complexity index is 281. The first kappa shape index (κ1) is 12.9. The Balaban J connectivity index is 1.68. The SMILES string of the molecule is CC1CC(C)CC(C(NN)C2CC3CCC2C3)C1. The molecule has 0 aromatic carbocycles. The van der Waals surface area contributed by atoms with Crippen LogP contribution in [0.4, 0.5) is 0 Å². The second-order valence-electron chi connectivity index (χ2n) is 7.71. The summed E-state index contributed by atoms with van der Waals surface area (Å²) < 4.78 is 0. The van der Waals surface area contributed by atoms with Crippen molar-refractivity contribution in [3.8, 4) is 0 Å². The van der Waals surface area contributed by atoms with Gasteiger partial charge in [-0.1, -0.05) is 20.3 Å². The standard InChI is InChI=1S/C16H30N2/c1-10-5-11(2)7-14(6-10)16(18-17)15-9-12-3-4-13(15)8-12/h10-16,18H,3-9,17H2,1-2H3. The van der Waals surface area contributed by atoms with E-state index in [1.165, 1.54) is 44.9 Å². The minimum Gasteiger partial charge on any atom is -0.271 e. The van der Waals surface area contributed by atoms with Gasteiger partial charge in [0.15, 0.2) is 0 Å². The number of hydrogen-bond acceptors (Lipinski definition) is 2. The maximum atomic E-state index is 5.96. The van der Waals surface area contributed by atoms with Crippen LogP contribution in [-0.4, -0.2) is 6.04 Å². The van der Waals surface area contributed by atoms with E-state index in [-0.39, 0.29) is 0 Å². The first-order chi connectivity index (χ1) is 8.67. The first-order valence-electron chi connectivity index (χ1n) is 8.13. The lowest BCUT2D eigenvalue weighted by atomic mass is 9.68. The zero-order valence-corrected chi connectivity index (χ0v) is 12.1. The molecule has 104 valence electrons. The van der Waals surface area contributed by atoms with Crippen molar-refractivity contribution in [1.82, 2.24) is 5.43 Å². The number of nitrogens with two attached hydrogens (primary N) is 1. The van der Waals surface area contributed by atoms with E-state index < -0.39 is 0 Å². The normalized spacial score (nSPS) is 49.5. The fraction of sp³-hybridized carbons (Fsp3) is 1.00. The third-order valence-electron chi connectivity index (χ3n) is 6.17. The Morgan fingerprint density at radius 1 is 0.944 bits per heavy atom. The van der Waals surface area contributed by atoms with Crippen LogP contribution in [0.2, 0.25) is 0 Å². The first-order valence-corrected chi connectivity index (χ1v) is 8.13. The Kier molecular flexibility index (Phi) is 3.68. The Morgan fingerprint density at radius 3 is 2.17 bits per heavy atom. The summed E-state index contributed by atoms with van der Waals surface area (Å²) >= 11 is 0. The number of fused-ring (bicyclic) bond motifs is 2. The zero-order valence-electron chi connectivity index (χ0n) is 12.1. The highest BCUT2D eigenvalue weighted by molar-refractivity contribution is 4.98. The topological polar surface area (TPSA) is 38.0 Å². The Morgan fingerprint density at radius 2 is 1.67 bits per heavy atom. The molecule has 0 spiro atoms. The molecule has 3 rings (SSSR count). The predicted molar refractivity (Wildman–Crippen MR) is 75.7 cm³/mol. The maximum absolute atomic E-state index is 5.96. The minimum atomic E-state index is 0.602. The van der Waals surface area contributed by atoms with Gasteiger partial charge in [0, 0.05) is 6.04 Å². The quantitative estimate of drug-likeness (QED) is 0.595. The molecule has 2 bridgehead atoms. The van der Waals surface area contributed by atoms with Crippen molar-refractivity contribution in [3.63, 3.8) is 0 Å². The third kappa shape index (κ3) is 2.34. The summed E-state index contributed by atoms with van der Waals surface area (Å²) in [6, 6.07) is 0.602. The molecule has 0 aromatic heterocycles. The van der Waals surface area contributed by atoms with Crippen molar-refractivity contribution in [2.75, 3.05) is 0 Å². The number of rotatable bonds is 3. The number of hydrogen-bond donors (Lipinski definition) is 2. The van der Waals surface area contributed by atoms with E-state index in [9.17, 15) is 0 Å². The van der Waals surface area contributed by atoms with Gasteiger partial charge in [0.25, 0.3) is 0 Å². The number of nitrogens with one attached hydrogen (secondary N) is 1. The smallest absolute Gasteiger partial charge is 0.0269 e. The van der Waals surface area contributed by atoms with Crippen LogP contribution in [0.15, 0.2) is 0 Å². The highest BCUT2D eigenvalue weighted by Gasteiger charge is 2.45. The predicted octanol–water partition coefficient (Wildman–Crippen LogP) is 3.33. The van der Waals surface area contributed by atoms with Gasteiger partial charge in [0.1, 0.15) is 0 Å². The lowest BCUT2D eigenvalue weighted by molar-refractivity contribution is 0.118. The lowest BCUT2D eigenvalue weighted by Crippen LogP contribution is -2.49. The summed E-state index contributed by atoms with van der Waals surface area (Å²) in [5.41, 5.74) is 3.24. The highest BCUT2D eigenvalue weighted by Crippen LogP contribution is 2.51. The van der Waals surface area contributed by atoms with Crippen LogP contribution in [-0.2, 0) is 0 Å². The summed E-state index contributed by atoms with van der Waals surface area (Å²) in [5, 5.41) is 0. The van der Waals surface area contributed by atoms with Crippen LogP contribution in [0.25, 0.3) is 0 Å². The molecule has 18 heavy (non-hydrogen) atoms. The molecular formula is C16H30N2. The van der Waals surface area contributed by atoms with E-state index >= 15 is 0 Å². The van der Waals surface area contributed by atoms with Crippen LogP contribution in [0, 0.1) is 35.5 Å². The zero-order chi connectivity index (χ0) is 12.7. The molecule has 3 N–H and O–H groups in total. The minimum absolute atomic E-state index is 0.602. The molecular weight excluding hydrogens is 220 g/mol. The molecule has 3 saturated carbocycles. The van der Waals surface area contributed by atoms with Crippen LogP contribution in [0.5, 0.6) is 0 Å². The molecule has 3 aliphatic carbocycles. The summed E-state index contributed by atoms with van der Waals surface area (Å²) in [6.07, 6.45) is 10.1. The van der Waals surface area contributed by atoms with Crippen molar-refractivity contribution in [2.24, 2.45) is 41.4 Å². The van der Waals surface area contributed by atoms with Crippen LogP contribution in [0.1, 0.15) is 58.8 Å². The largest absolute Gasteiger partial charge is 0.271 e. The Hall–Kier alpha value is -0.0800. The second kappa shape index (κ2) is 5.13. The van der Waals surface area contributed by atoms with E-state index in [2.05, 4.69) is 19.3 Å². The fourth-order valence-electron chi connectivity index (χ4n) is 5.65. The molecule has 0 radical (unpaired) electrons. The van der Waals surface area contributed by atoms with E-state index in [0.717, 1.165) is 35.5 Å². The van der Waals surface area contributed by atoms with Gasteiger partial charge in [-0.25, -0.2) is 0 Å². The van der Waals surface area contributed by atoms with Crippen LogP contribution < -0.4 is 11.3 Å². The van der Waals surface area contributed by atoms with E-state index in [1.54, 1.807) is 0 Å². The molecule has 0 aliphatic heterocycles.